The van der Waals surface area contributed by atoms with Crippen molar-refractivity contribution in [1.82, 2.24) is 4.90 Å². The van der Waals surface area contributed by atoms with Gasteiger partial charge in [0.2, 0.25) is 5.91 Å². The van der Waals surface area contributed by atoms with Gasteiger partial charge in [0, 0.05) is 24.5 Å². The second-order valence-corrected chi connectivity index (χ2v) is 6.56. The fourth-order valence-corrected chi connectivity index (χ4v) is 2.41. The molecule has 1 amide bonds. The van der Waals surface area contributed by atoms with Crippen molar-refractivity contribution in [3.05, 3.63) is 34.3 Å². The van der Waals surface area contributed by atoms with Gasteiger partial charge in [0.25, 0.3) is 0 Å². The standard InChI is InChI=1S/C15H23BrN2O.ClH/c1-15(2,10-17)11-18(3)14(19)9-8-12-6-4-5-7-13(12)16;/h4-7H,8-11,17H2,1-3H3;1H. The molecule has 0 saturated carbocycles. The third-order valence-electron chi connectivity index (χ3n) is 3.21. The van der Waals surface area contributed by atoms with Gasteiger partial charge in [-0.3, -0.25) is 4.79 Å². The zero-order valence-corrected chi connectivity index (χ0v) is 14.8. The van der Waals surface area contributed by atoms with Gasteiger partial charge in [0.1, 0.15) is 0 Å². The molecule has 1 aromatic carbocycles. The summed E-state index contributed by atoms with van der Waals surface area (Å²) in [7, 11) is 1.85. The van der Waals surface area contributed by atoms with Crippen molar-refractivity contribution in [2.24, 2.45) is 11.1 Å². The minimum Gasteiger partial charge on any atom is -0.345 e. The van der Waals surface area contributed by atoms with Crippen LogP contribution < -0.4 is 5.73 Å². The Hall–Kier alpha value is -0.580. The summed E-state index contributed by atoms with van der Waals surface area (Å²) >= 11 is 3.50. The average Bonchev–Trinajstić information content (AvgIpc) is 2.37. The topological polar surface area (TPSA) is 46.3 Å². The number of carbonyl (C=O) groups is 1. The molecule has 0 unspecified atom stereocenters. The normalized spacial score (nSPS) is 10.8. The molecule has 0 heterocycles. The second-order valence-electron chi connectivity index (χ2n) is 5.71. The number of hydrogen-bond donors (Lipinski definition) is 1. The van der Waals surface area contributed by atoms with Crippen molar-refractivity contribution in [1.29, 1.82) is 0 Å². The number of aryl methyl sites for hydroxylation is 1. The van der Waals surface area contributed by atoms with Gasteiger partial charge >= 0.3 is 0 Å². The maximum Gasteiger partial charge on any atom is 0.222 e. The summed E-state index contributed by atoms with van der Waals surface area (Å²) in [4.78, 5) is 13.9. The van der Waals surface area contributed by atoms with Crippen molar-refractivity contribution in [3.8, 4) is 0 Å². The summed E-state index contributed by atoms with van der Waals surface area (Å²) in [6, 6.07) is 8.01. The van der Waals surface area contributed by atoms with E-state index in [1.807, 2.05) is 31.3 Å². The molecule has 0 fully saturated rings. The molecule has 0 bridgehead atoms. The summed E-state index contributed by atoms with van der Waals surface area (Å²) in [5, 5.41) is 0. The first kappa shape index (κ1) is 19.4. The summed E-state index contributed by atoms with van der Waals surface area (Å²) in [5.41, 5.74) is 6.83. The highest BCUT2D eigenvalue weighted by atomic mass is 79.9. The van der Waals surface area contributed by atoms with Crippen LogP contribution in [0.3, 0.4) is 0 Å². The minimum atomic E-state index is -0.0300. The predicted octanol–water partition coefficient (Wildman–Crippen LogP) is 3.25. The predicted molar refractivity (Wildman–Crippen MR) is 90.2 cm³/mol. The van der Waals surface area contributed by atoms with E-state index in [9.17, 15) is 4.79 Å². The van der Waals surface area contributed by atoms with Crippen LogP contribution in [0.2, 0.25) is 0 Å². The lowest BCUT2D eigenvalue weighted by Gasteiger charge is -2.29. The first-order valence-electron chi connectivity index (χ1n) is 6.53. The van der Waals surface area contributed by atoms with Crippen LogP contribution in [0, 0.1) is 5.41 Å². The second kappa shape index (κ2) is 8.65. The molecule has 0 aliphatic heterocycles. The number of hydrogen-bond acceptors (Lipinski definition) is 2. The SMILES string of the molecule is CN(CC(C)(C)CN)C(=O)CCc1ccccc1Br.Cl. The molecule has 0 aromatic heterocycles. The van der Waals surface area contributed by atoms with E-state index >= 15 is 0 Å². The fraction of sp³-hybridized carbons (Fsp3) is 0.533. The molecular formula is C15H24BrClN2O. The van der Waals surface area contributed by atoms with Crippen LogP contribution >= 0.6 is 28.3 Å². The summed E-state index contributed by atoms with van der Waals surface area (Å²) in [5.74, 6) is 0.164. The monoisotopic (exact) mass is 362 g/mol. The molecule has 1 rings (SSSR count). The Bertz CT molecular complexity index is 438. The van der Waals surface area contributed by atoms with E-state index in [4.69, 9.17) is 5.73 Å². The quantitative estimate of drug-likeness (QED) is 0.843. The minimum absolute atomic E-state index is 0. The molecule has 2 N–H and O–H groups in total. The van der Waals surface area contributed by atoms with Crippen molar-refractivity contribution in [2.75, 3.05) is 20.1 Å². The molecule has 0 spiro atoms. The first-order valence-corrected chi connectivity index (χ1v) is 7.32. The van der Waals surface area contributed by atoms with Crippen LogP contribution in [0.25, 0.3) is 0 Å². The Kier molecular flexibility index (Phi) is 8.40. The van der Waals surface area contributed by atoms with E-state index in [1.165, 1.54) is 5.56 Å². The van der Waals surface area contributed by atoms with Gasteiger partial charge in [-0.05, 0) is 30.0 Å². The molecule has 0 aliphatic carbocycles. The third-order valence-corrected chi connectivity index (χ3v) is 3.98. The van der Waals surface area contributed by atoms with Crippen LogP contribution in [0.15, 0.2) is 28.7 Å². The van der Waals surface area contributed by atoms with Crippen LogP contribution in [-0.2, 0) is 11.2 Å². The molecule has 0 radical (unpaired) electrons. The van der Waals surface area contributed by atoms with Crippen LogP contribution in [0.5, 0.6) is 0 Å². The van der Waals surface area contributed by atoms with Gasteiger partial charge in [-0.1, -0.05) is 48.0 Å². The molecule has 20 heavy (non-hydrogen) atoms. The summed E-state index contributed by atoms with van der Waals surface area (Å²) < 4.78 is 1.06. The Labute approximate surface area is 136 Å². The van der Waals surface area contributed by atoms with Crippen LogP contribution in [0.1, 0.15) is 25.8 Å². The van der Waals surface area contributed by atoms with Crippen molar-refractivity contribution < 1.29 is 4.79 Å². The van der Waals surface area contributed by atoms with Gasteiger partial charge in [-0.25, -0.2) is 0 Å². The molecule has 1 aromatic rings. The molecule has 114 valence electrons. The smallest absolute Gasteiger partial charge is 0.222 e. The van der Waals surface area contributed by atoms with Crippen molar-refractivity contribution in [3.63, 3.8) is 0 Å². The van der Waals surface area contributed by atoms with Crippen LogP contribution in [-0.4, -0.2) is 30.9 Å². The van der Waals surface area contributed by atoms with Gasteiger partial charge in [-0.15, -0.1) is 12.4 Å². The third kappa shape index (κ3) is 6.25. The summed E-state index contributed by atoms with van der Waals surface area (Å²) in [6.45, 7) is 5.42. The highest BCUT2D eigenvalue weighted by Gasteiger charge is 2.20. The molecule has 3 nitrogen and oxygen atoms in total. The van der Waals surface area contributed by atoms with Gasteiger partial charge in [-0.2, -0.15) is 0 Å². The van der Waals surface area contributed by atoms with Gasteiger partial charge in [0.05, 0.1) is 0 Å². The number of benzene rings is 1. The van der Waals surface area contributed by atoms with Crippen molar-refractivity contribution >= 4 is 34.2 Å². The Balaban J connectivity index is 0.00000361. The van der Waals surface area contributed by atoms with E-state index in [-0.39, 0.29) is 23.7 Å². The van der Waals surface area contributed by atoms with Gasteiger partial charge in [0.15, 0.2) is 0 Å². The molecular weight excluding hydrogens is 340 g/mol. The number of nitrogens with zero attached hydrogens (tertiary/aromatic N) is 1. The maximum atomic E-state index is 12.1. The highest BCUT2D eigenvalue weighted by molar-refractivity contribution is 9.10. The maximum absolute atomic E-state index is 12.1. The van der Waals surface area contributed by atoms with E-state index in [0.29, 0.717) is 19.5 Å². The van der Waals surface area contributed by atoms with E-state index in [2.05, 4.69) is 29.8 Å². The average molecular weight is 364 g/mol. The number of halogens is 2. The number of nitrogens with two attached hydrogens (primary N) is 1. The fourth-order valence-electron chi connectivity index (χ4n) is 1.93. The summed E-state index contributed by atoms with van der Waals surface area (Å²) in [6.07, 6.45) is 1.29. The zero-order valence-electron chi connectivity index (χ0n) is 12.4. The lowest BCUT2D eigenvalue weighted by Crippen LogP contribution is -2.39. The lowest BCUT2D eigenvalue weighted by atomic mass is 9.93. The number of amides is 1. The largest absolute Gasteiger partial charge is 0.345 e. The Morgan fingerprint density at radius 3 is 2.50 bits per heavy atom. The molecule has 0 saturated heterocycles. The molecule has 0 atom stereocenters. The Morgan fingerprint density at radius 1 is 1.35 bits per heavy atom. The number of carbonyl (C=O) groups excluding carboxylic acids is 1. The van der Waals surface area contributed by atoms with E-state index in [1.54, 1.807) is 4.90 Å². The van der Waals surface area contributed by atoms with Crippen molar-refractivity contribution in [2.45, 2.75) is 26.7 Å². The number of rotatable bonds is 6. The lowest BCUT2D eigenvalue weighted by molar-refractivity contribution is -0.131. The molecule has 0 aliphatic rings. The Morgan fingerprint density at radius 2 is 1.95 bits per heavy atom. The molecule has 5 heteroatoms. The van der Waals surface area contributed by atoms with E-state index in [0.717, 1.165) is 10.9 Å². The first-order chi connectivity index (χ1) is 8.85. The van der Waals surface area contributed by atoms with Crippen LogP contribution in [0.4, 0.5) is 0 Å². The van der Waals surface area contributed by atoms with Gasteiger partial charge < -0.3 is 10.6 Å². The zero-order chi connectivity index (χ0) is 14.5. The van der Waals surface area contributed by atoms with E-state index < -0.39 is 0 Å². The highest BCUT2D eigenvalue weighted by Crippen LogP contribution is 2.18.